The standard InChI is InChI=1S/C13H29N3/c1-6-11(5)16-13(14-9-4)15-10-12(7-2)8-3/h11-12H,6-10H2,1-5H3,(H2,14,15,16). The van der Waals surface area contributed by atoms with Crippen LogP contribution in [0.5, 0.6) is 0 Å². The Hall–Kier alpha value is -0.730. The van der Waals surface area contributed by atoms with Crippen molar-refractivity contribution in [2.45, 2.75) is 59.9 Å². The molecule has 0 aliphatic heterocycles. The van der Waals surface area contributed by atoms with E-state index in [-0.39, 0.29) is 0 Å². The summed E-state index contributed by atoms with van der Waals surface area (Å²) in [4.78, 5) is 4.64. The molecule has 0 rings (SSSR count). The van der Waals surface area contributed by atoms with E-state index in [1.165, 1.54) is 12.8 Å². The molecule has 0 radical (unpaired) electrons. The second-order valence-electron chi connectivity index (χ2n) is 4.36. The summed E-state index contributed by atoms with van der Waals surface area (Å²) in [6.45, 7) is 12.8. The highest BCUT2D eigenvalue weighted by atomic mass is 15.2. The van der Waals surface area contributed by atoms with Gasteiger partial charge in [-0.3, -0.25) is 4.99 Å². The largest absolute Gasteiger partial charge is 0.357 e. The van der Waals surface area contributed by atoms with Gasteiger partial charge in [-0.15, -0.1) is 0 Å². The summed E-state index contributed by atoms with van der Waals surface area (Å²) >= 11 is 0. The second kappa shape index (κ2) is 9.49. The lowest BCUT2D eigenvalue weighted by Crippen LogP contribution is -2.42. The summed E-state index contributed by atoms with van der Waals surface area (Å²) in [5.41, 5.74) is 0. The summed E-state index contributed by atoms with van der Waals surface area (Å²) in [7, 11) is 0. The smallest absolute Gasteiger partial charge is 0.191 e. The summed E-state index contributed by atoms with van der Waals surface area (Å²) in [6, 6.07) is 0.486. The molecule has 0 saturated heterocycles. The van der Waals surface area contributed by atoms with Gasteiger partial charge in [0.25, 0.3) is 0 Å². The van der Waals surface area contributed by atoms with E-state index in [0.29, 0.717) is 12.0 Å². The molecule has 1 unspecified atom stereocenters. The van der Waals surface area contributed by atoms with Crippen LogP contribution in [0.4, 0.5) is 0 Å². The van der Waals surface area contributed by atoms with Crippen molar-refractivity contribution in [1.29, 1.82) is 0 Å². The Kier molecular flexibility index (Phi) is 9.06. The van der Waals surface area contributed by atoms with E-state index in [9.17, 15) is 0 Å². The Morgan fingerprint density at radius 2 is 1.69 bits per heavy atom. The fourth-order valence-corrected chi connectivity index (χ4v) is 1.42. The molecule has 0 saturated carbocycles. The summed E-state index contributed by atoms with van der Waals surface area (Å²) in [5.74, 6) is 1.68. The van der Waals surface area contributed by atoms with Crippen LogP contribution in [0.1, 0.15) is 53.9 Å². The number of aliphatic imine (C=N–C) groups is 1. The first-order valence-electron chi connectivity index (χ1n) is 6.72. The molecular formula is C13H29N3. The fraction of sp³-hybridized carbons (Fsp3) is 0.923. The normalized spacial score (nSPS) is 14.0. The van der Waals surface area contributed by atoms with Crippen LogP contribution in [0, 0.1) is 5.92 Å². The van der Waals surface area contributed by atoms with Gasteiger partial charge in [-0.1, -0.05) is 33.6 Å². The zero-order valence-electron chi connectivity index (χ0n) is 11.6. The van der Waals surface area contributed by atoms with Gasteiger partial charge in [0.1, 0.15) is 0 Å². The maximum Gasteiger partial charge on any atom is 0.191 e. The zero-order chi connectivity index (χ0) is 12.4. The summed E-state index contributed by atoms with van der Waals surface area (Å²) < 4.78 is 0. The minimum Gasteiger partial charge on any atom is -0.357 e. The van der Waals surface area contributed by atoms with Gasteiger partial charge in [0, 0.05) is 19.1 Å². The van der Waals surface area contributed by atoms with Crippen molar-refractivity contribution in [1.82, 2.24) is 10.6 Å². The molecule has 0 spiro atoms. The Labute approximate surface area is 101 Å². The lowest BCUT2D eigenvalue weighted by molar-refractivity contribution is 0.502. The SMILES string of the molecule is CCNC(=NCC(CC)CC)NC(C)CC. The molecule has 0 aliphatic carbocycles. The van der Waals surface area contributed by atoms with Crippen LogP contribution in [0.25, 0.3) is 0 Å². The molecule has 96 valence electrons. The number of nitrogens with one attached hydrogen (secondary N) is 2. The molecule has 3 nitrogen and oxygen atoms in total. The lowest BCUT2D eigenvalue weighted by atomic mass is 10.0. The third kappa shape index (κ3) is 6.70. The van der Waals surface area contributed by atoms with E-state index in [0.717, 1.165) is 25.5 Å². The van der Waals surface area contributed by atoms with E-state index in [2.05, 4.69) is 50.2 Å². The molecule has 0 aromatic carbocycles. The molecule has 0 bridgehead atoms. The maximum absolute atomic E-state index is 4.64. The number of nitrogens with zero attached hydrogens (tertiary/aromatic N) is 1. The van der Waals surface area contributed by atoms with Crippen molar-refractivity contribution < 1.29 is 0 Å². The molecular weight excluding hydrogens is 198 g/mol. The second-order valence-corrected chi connectivity index (χ2v) is 4.36. The molecule has 3 heteroatoms. The van der Waals surface area contributed by atoms with Gasteiger partial charge in [0.2, 0.25) is 0 Å². The molecule has 0 aromatic rings. The third-order valence-electron chi connectivity index (χ3n) is 3.00. The number of rotatable bonds is 7. The molecule has 0 heterocycles. The third-order valence-corrected chi connectivity index (χ3v) is 3.00. The van der Waals surface area contributed by atoms with Crippen LogP contribution in [0.15, 0.2) is 4.99 Å². The van der Waals surface area contributed by atoms with E-state index in [1.54, 1.807) is 0 Å². The van der Waals surface area contributed by atoms with Gasteiger partial charge in [0.05, 0.1) is 0 Å². The predicted octanol–water partition coefficient (Wildman–Crippen LogP) is 2.78. The first-order valence-corrected chi connectivity index (χ1v) is 6.72. The molecule has 0 aromatic heterocycles. The van der Waals surface area contributed by atoms with Crippen molar-refractivity contribution in [3.05, 3.63) is 0 Å². The average molecular weight is 227 g/mol. The van der Waals surface area contributed by atoms with Crippen LogP contribution >= 0.6 is 0 Å². The molecule has 0 fully saturated rings. The lowest BCUT2D eigenvalue weighted by Gasteiger charge is -2.17. The molecule has 1 atom stereocenters. The molecule has 16 heavy (non-hydrogen) atoms. The molecule has 0 amide bonds. The summed E-state index contributed by atoms with van der Waals surface area (Å²) in [5, 5.41) is 6.70. The average Bonchev–Trinajstić information content (AvgIpc) is 2.30. The van der Waals surface area contributed by atoms with Gasteiger partial charge in [-0.05, 0) is 26.2 Å². The minimum absolute atomic E-state index is 0.486. The quantitative estimate of drug-likeness (QED) is 0.518. The Morgan fingerprint density at radius 1 is 1.06 bits per heavy atom. The molecule has 2 N–H and O–H groups in total. The van der Waals surface area contributed by atoms with Crippen molar-refractivity contribution in [3.63, 3.8) is 0 Å². The predicted molar refractivity (Wildman–Crippen MR) is 72.9 cm³/mol. The van der Waals surface area contributed by atoms with Crippen LogP contribution in [0.3, 0.4) is 0 Å². The van der Waals surface area contributed by atoms with Gasteiger partial charge in [0.15, 0.2) is 5.96 Å². The van der Waals surface area contributed by atoms with Crippen LogP contribution in [-0.4, -0.2) is 25.1 Å². The first kappa shape index (κ1) is 15.3. The first-order chi connectivity index (χ1) is 7.67. The van der Waals surface area contributed by atoms with Crippen molar-refractivity contribution in [2.24, 2.45) is 10.9 Å². The Balaban J connectivity index is 4.21. The highest BCUT2D eigenvalue weighted by Gasteiger charge is 2.05. The minimum atomic E-state index is 0.486. The Bertz CT molecular complexity index is 186. The maximum atomic E-state index is 4.64. The van der Waals surface area contributed by atoms with Crippen molar-refractivity contribution >= 4 is 5.96 Å². The zero-order valence-corrected chi connectivity index (χ0v) is 11.6. The van der Waals surface area contributed by atoms with Crippen LogP contribution < -0.4 is 10.6 Å². The van der Waals surface area contributed by atoms with Gasteiger partial charge >= 0.3 is 0 Å². The molecule has 0 aliphatic rings. The van der Waals surface area contributed by atoms with Crippen molar-refractivity contribution in [3.8, 4) is 0 Å². The van der Waals surface area contributed by atoms with Gasteiger partial charge < -0.3 is 10.6 Å². The highest BCUT2D eigenvalue weighted by Crippen LogP contribution is 2.07. The van der Waals surface area contributed by atoms with E-state index >= 15 is 0 Å². The topological polar surface area (TPSA) is 36.4 Å². The Morgan fingerprint density at radius 3 is 2.12 bits per heavy atom. The van der Waals surface area contributed by atoms with Crippen LogP contribution in [-0.2, 0) is 0 Å². The number of guanidine groups is 1. The number of hydrogen-bond acceptors (Lipinski definition) is 1. The van der Waals surface area contributed by atoms with Crippen molar-refractivity contribution in [2.75, 3.05) is 13.1 Å². The van der Waals surface area contributed by atoms with Crippen LogP contribution in [0.2, 0.25) is 0 Å². The van der Waals surface area contributed by atoms with Gasteiger partial charge in [-0.25, -0.2) is 0 Å². The fourth-order valence-electron chi connectivity index (χ4n) is 1.42. The highest BCUT2D eigenvalue weighted by molar-refractivity contribution is 5.80. The van der Waals surface area contributed by atoms with E-state index < -0.39 is 0 Å². The number of hydrogen-bond donors (Lipinski definition) is 2. The monoisotopic (exact) mass is 227 g/mol. The van der Waals surface area contributed by atoms with E-state index in [4.69, 9.17) is 0 Å². The van der Waals surface area contributed by atoms with Gasteiger partial charge in [-0.2, -0.15) is 0 Å². The van der Waals surface area contributed by atoms with E-state index in [1.807, 2.05) is 0 Å². The summed E-state index contributed by atoms with van der Waals surface area (Å²) in [6.07, 6.45) is 3.54.